The number of primary sulfonamides is 1. The lowest BCUT2D eigenvalue weighted by Gasteiger charge is -2.39. The van der Waals surface area contributed by atoms with Gasteiger partial charge >= 0.3 is 0 Å². The molecule has 168 valence electrons. The van der Waals surface area contributed by atoms with Crippen molar-refractivity contribution >= 4 is 15.9 Å². The van der Waals surface area contributed by atoms with Crippen LogP contribution in [-0.2, 0) is 14.8 Å². The van der Waals surface area contributed by atoms with Gasteiger partial charge in [0.25, 0.3) is 0 Å². The lowest BCUT2D eigenvalue weighted by molar-refractivity contribution is -0.138. The molecule has 2 aliphatic rings. The summed E-state index contributed by atoms with van der Waals surface area (Å²) in [6.07, 6.45) is 3.56. The van der Waals surface area contributed by atoms with Crippen LogP contribution in [0, 0.1) is 26.7 Å². The van der Waals surface area contributed by atoms with Gasteiger partial charge in [0.15, 0.2) is 0 Å². The van der Waals surface area contributed by atoms with Crippen LogP contribution < -0.4 is 5.14 Å². The molecule has 0 radical (unpaired) electrons. The van der Waals surface area contributed by atoms with Crippen LogP contribution in [0.2, 0.25) is 0 Å². The number of hydrogen-bond donors (Lipinski definition) is 1. The maximum atomic E-state index is 13.0. The summed E-state index contributed by atoms with van der Waals surface area (Å²) in [5.74, 6) is 0.683. The van der Waals surface area contributed by atoms with Crippen LogP contribution in [0.1, 0.15) is 67.7 Å². The predicted molar refractivity (Wildman–Crippen MR) is 120 cm³/mol. The van der Waals surface area contributed by atoms with E-state index >= 15 is 0 Å². The maximum Gasteiger partial charge on any atom is 0.238 e. The Morgan fingerprint density at radius 2 is 1.57 bits per heavy atom. The van der Waals surface area contributed by atoms with Crippen molar-refractivity contribution in [2.45, 2.75) is 77.2 Å². The highest BCUT2D eigenvalue weighted by molar-refractivity contribution is 7.89. The zero-order valence-corrected chi connectivity index (χ0v) is 19.9. The van der Waals surface area contributed by atoms with Gasteiger partial charge in [-0.15, -0.1) is 0 Å². The first kappa shape index (κ1) is 23.2. The molecule has 7 heteroatoms. The Hall–Kier alpha value is -1.44. The molecule has 1 aromatic carbocycles. The maximum absolute atomic E-state index is 13.0. The molecule has 30 heavy (non-hydrogen) atoms. The van der Waals surface area contributed by atoms with E-state index in [1.165, 1.54) is 0 Å². The Morgan fingerprint density at radius 1 is 1.00 bits per heavy atom. The average Bonchev–Trinajstić information content (AvgIpc) is 2.66. The Kier molecular flexibility index (Phi) is 6.94. The smallest absolute Gasteiger partial charge is 0.238 e. The Bertz CT molecular complexity index is 895. The first-order chi connectivity index (χ1) is 14.0. The van der Waals surface area contributed by atoms with E-state index in [0.717, 1.165) is 68.6 Å². The van der Waals surface area contributed by atoms with Crippen molar-refractivity contribution in [3.63, 3.8) is 0 Å². The summed E-state index contributed by atoms with van der Waals surface area (Å²) in [6, 6.07) is 2.47. The summed E-state index contributed by atoms with van der Waals surface area (Å²) in [4.78, 5) is 17.8. The second-order valence-electron chi connectivity index (χ2n) is 9.43. The van der Waals surface area contributed by atoms with Gasteiger partial charge in [0.1, 0.15) is 0 Å². The minimum absolute atomic E-state index is 0.0932. The fraction of sp³-hybridized carbons (Fsp3) is 0.696. The van der Waals surface area contributed by atoms with Gasteiger partial charge in [0.05, 0.1) is 4.90 Å². The molecule has 1 heterocycles. The van der Waals surface area contributed by atoms with E-state index < -0.39 is 10.0 Å². The van der Waals surface area contributed by atoms with Crippen molar-refractivity contribution in [2.24, 2.45) is 11.1 Å². The zero-order chi connectivity index (χ0) is 22.2. The molecule has 0 spiro atoms. The molecule has 1 aliphatic heterocycles. The number of carbonyl (C=O) groups is 1. The fourth-order valence-corrected chi connectivity index (χ4v) is 6.64. The minimum atomic E-state index is -3.76. The summed E-state index contributed by atoms with van der Waals surface area (Å²) in [5, 5.41) is 5.50. The van der Waals surface area contributed by atoms with Crippen molar-refractivity contribution in [3.8, 4) is 0 Å². The Balaban J connectivity index is 1.68. The quantitative estimate of drug-likeness (QED) is 0.788. The minimum Gasteiger partial charge on any atom is -0.340 e. The fourth-order valence-electron chi connectivity index (χ4n) is 5.59. The monoisotopic (exact) mass is 435 g/mol. The number of nitrogens with zero attached hydrogens (tertiary/aromatic N) is 2. The Morgan fingerprint density at radius 3 is 2.07 bits per heavy atom. The normalized spacial score (nSPS) is 23.8. The van der Waals surface area contributed by atoms with Crippen LogP contribution in [0.15, 0.2) is 11.0 Å². The number of rotatable bonds is 4. The lowest BCUT2D eigenvalue weighted by Crippen LogP contribution is -2.52. The number of nitrogens with two attached hydrogens (primary N) is 1. The molecule has 0 bridgehead atoms. The zero-order valence-electron chi connectivity index (χ0n) is 19.1. The number of piperazine rings is 1. The first-order valence-electron chi connectivity index (χ1n) is 11.2. The van der Waals surface area contributed by atoms with Gasteiger partial charge in [0.2, 0.25) is 15.9 Å². The molecular weight excluding hydrogens is 398 g/mol. The second kappa shape index (κ2) is 8.97. The van der Waals surface area contributed by atoms with Crippen LogP contribution in [0.4, 0.5) is 0 Å². The van der Waals surface area contributed by atoms with Crippen molar-refractivity contribution in [2.75, 3.05) is 26.2 Å². The van der Waals surface area contributed by atoms with E-state index in [1.807, 2.05) is 24.8 Å². The summed E-state index contributed by atoms with van der Waals surface area (Å²) >= 11 is 0. The number of amides is 1. The average molecular weight is 436 g/mol. The van der Waals surface area contributed by atoms with E-state index in [0.29, 0.717) is 17.5 Å². The second-order valence-corrected chi connectivity index (χ2v) is 10.9. The van der Waals surface area contributed by atoms with Crippen LogP contribution >= 0.6 is 0 Å². The molecule has 1 aromatic rings. The van der Waals surface area contributed by atoms with Crippen molar-refractivity contribution in [1.82, 2.24) is 9.80 Å². The molecule has 1 amide bonds. The van der Waals surface area contributed by atoms with E-state index in [9.17, 15) is 13.2 Å². The standard InChI is InChI=1S/C23H37N3O3S/c1-15(2)25-10-12-26(13-11-25)23(27)20-8-6-19(7-9-20)21-16(3)14-17(4)22(18(21)5)30(24,28)29/h14-15,19-20H,6-13H2,1-5H3,(H2,24,28,29). The molecule has 2 fully saturated rings. The van der Waals surface area contributed by atoms with Gasteiger partial charge < -0.3 is 4.90 Å². The lowest BCUT2D eigenvalue weighted by atomic mass is 9.75. The van der Waals surface area contributed by atoms with Crippen LogP contribution in [0.25, 0.3) is 0 Å². The number of carbonyl (C=O) groups excluding carboxylic acids is 1. The Labute approximate surface area is 181 Å². The summed E-state index contributed by atoms with van der Waals surface area (Å²) in [5.41, 5.74) is 3.73. The summed E-state index contributed by atoms with van der Waals surface area (Å²) < 4.78 is 24.3. The van der Waals surface area contributed by atoms with Gasteiger partial charge in [0, 0.05) is 38.1 Å². The summed E-state index contributed by atoms with van der Waals surface area (Å²) in [7, 11) is -3.76. The van der Waals surface area contributed by atoms with Crippen molar-refractivity contribution < 1.29 is 13.2 Å². The highest BCUT2D eigenvalue weighted by Gasteiger charge is 2.33. The highest BCUT2D eigenvalue weighted by Crippen LogP contribution is 2.41. The molecule has 3 rings (SSSR count). The third-order valence-corrected chi connectivity index (χ3v) is 8.28. The molecule has 1 saturated carbocycles. The predicted octanol–water partition coefficient (Wildman–Crippen LogP) is 3.09. The summed E-state index contributed by atoms with van der Waals surface area (Å²) in [6.45, 7) is 13.7. The van der Waals surface area contributed by atoms with Crippen molar-refractivity contribution in [3.05, 3.63) is 28.3 Å². The molecule has 1 saturated heterocycles. The van der Waals surface area contributed by atoms with Crippen LogP contribution in [0.3, 0.4) is 0 Å². The van der Waals surface area contributed by atoms with Gasteiger partial charge in [-0.05, 0) is 88.5 Å². The SMILES string of the molecule is Cc1cc(C)c(S(N)(=O)=O)c(C)c1C1CCC(C(=O)N2CCN(C(C)C)CC2)CC1. The van der Waals surface area contributed by atoms with Crippen LogP contribution in [-0.4, -0.2) is 56.3 Å². The number of benzene rings is 1. The molecule has 1 aliphatic carbocycles. The first-order valence-corrected chi connectivity index (χ1v) is 12.7. The highest BCUT2D eigenvalue weighted by atomic mass is 32.2. The molecule has 0 aromatic heterocycles. The molecule has 2 N–H and O–H groups in total. The van der Waals surface area contributed by atoms with E-state index in [4.69, 9.17) is 5.14 Å². The number of sulfonamides is 1. The van der Waals surface area contributed by atoms with Gasteiger partial charge in [-0.2, -0.15) is 0 Å². The third-order valence-electron chi connectivity index (χ3n) is 7.09. The molecule has 0 unspecified atom stereocenters. The van der Waals surface area contributed by atoms with Crippen LogP contribution in [0.5, 0.6) is 0 Å². The van der Waals surface area contributed by atoms with E-state index in [1.54, 1.807) is 6.92 Å². The number of hydrogen-bond acceptors (Lipinski definition) is 4. The van der Waals surface area contributed by atoms with Gasteiger partial charge in [-0.3, -0.25) is 9.69 Å². The van der Waals surface area contributed by atoms with Gasteiger partial charge in [-0.1, -0.05) is 6.07 Å². The largest absolute Gasteiger partial charge is 0.340 e. The van der Waals surface area contributed by atoms with E-state index in [2.05, 4.69) is 18.7 Å². The molecular formula is C23H37N3O3S. The third kappa shape index (κ3) is 4.73. The topological polar surface area (TPSA) is 83.7 Å². The molecule has 0 atom stereocenters. The van der Waals surface area contributed by atoms with Crippen molar-refractivity contribution in [1.29, 1.82) is 0 Å². The molecule has 6 nitrogen and oxygen atoms in total. The van der Waals surface area contributed by atoms with E-state index in [-0.39, 0.29) is 16.7 Å². The van der Waals surface area contributed by atoms with Gasteiger partial charge in [-0.25, -0.2) is 13.6 Å². The number of aryl methyl sites for hydroxylation is 2.